The summed E-state index contributed by atoms with van der Waals surface area (Å²) >= 11 is 0. The SMILES string of the molecule is CCCCCCCCCCCCCC(=O)Nc1ccccc1C(=O)Nc1ccc(Nc2ccccc2)cc1. The van der Waals surface area contributed by atoms with Gasteiger partial charge in [0.05, 0.1) is 11.3 Å². The molecule has 0 aliphatic rings. The van der Waals surface area contributed by atoms with E-state index in [1.165, 1.54) is 57.8 Å². The van der Waals surface area contributed by atoms with Gasteiger partial charge in [0, 0.05) is 23.5 Å². The number of rotatable bonds is 17. The van der Waals surface area contributed by atoms with Crippen molar-refractivity contribution in [2.75, 3.05) is 16.0 Å². The van der Waals surface area contributed by atoms with Crippen LogP contribution in [-0.2, 0) is 4.79 Å². The molecule has 5 heteroatoms. The maximum absolute atomic E-state index is 13.0. The van der Waals surface area contributed by atoms with Crippen LogP contribution in [0.3, 0.4) is 0 Å². The molecule has 0 aliphatic heterocycles. The average molecular weight is 514 g/mol. The number of anilines is 4. The minimum atomic E-state index is -0.251. The number of hydrogen-bond acceptors (Lipinski definition) is 3. The van der Waals surface area contributed by atoms with Gasteiger partial charge in [0.1, 0.15) is 0 Å². The lowest BCUT2D eigenvalue weighted by molar-refractivity contribution is -0.116. The van der Waals surface area contributed by atoms with Gasteiger partial charge in [0.15, 0.2) is 0 Å². The van der Waals surface area contributed by atoms with E-state index in [1.807, 2.05) is 60.7 Å². The zero-order valence-electron chi connectivity index (χ0n) is 22.8. The number of hydrogen-bond donors (Lipinski definition) is 3. The van der Waals surface area contributed by atoms with Gasteiger partial charge < -0.3 is 16.0 Å². The third-order valence-corrected chi connectivity index (χ3v) is 6.66. The second-order valence-electron chi connectivity index (χ2n) is 9.90. The van der Waals surface area contributed by atoms with Crippen molar-refractivity contribution in [1.82, 2.24) is 0 Å². The summed E-state index contributed by atoms with van der Waals surface area (Å²) in [5, 5.41) is 9.20. The highest BCUT2D eigenvalue weighted by Gasteiger charge is 2.13. The quantitative estimate of drug-likeness (QED) is 0.157. The van der Waals surface area contributed by atoms with Gasteiger partial charge in [-0.25, -0.2) is 0 Å². The topological polar surface area (TPSA) is 70.2 Å². The van der Waals surface area contributed by atoms with Crippen LogP contribution in [0.1, 0.15) is 94.3 Å². The van der Waals surface area contributed by atoms with Gasteiger partial charge in [0.25, 0.3) is 5.91 Å². The molecule has 3 aromatic carbocycles. The summed E-state index contributed by atoms with van der Waals surface area (Å²) < 4.78 is 0. The van der Waals surface area contributed by atoms with E-state index in [0.717, 1.165) is 24.2 Å². The molecule has 38 heavy (non-hydrogen) atoms. The van der Waals surface area contributed by atoms with Crippen molar-refractivity contribution >= 4 is 34.6 Å². The van der Waals surface area contributed by atoms with Gasteiger partial charge >= 0.3 is 0 Å². The first-order chi connectivity index (χ1) is 18.7. The molecular weight excluding hydrogens is 470 g/mol. The van der Waals surface area contributed by atoms with Crippen molar-refractivity contribution in [3.8, 4) is 0 Å². The summed E-state index contributed by atoms with van der Waals surface area (Å²) in [6.07, 6.45) is 14.2. The minimum absolute atomic E-state index is 0.0440. The predicted molar refractivity (Wildman–Crippen MR) is 160 cm³/mol. The molecule has 2 amide bonds. The molecule has 0 fully saturated rings. The Balaban J connectivity index is 1.38. The second-order valence-corrected chi connectivity index (χ2v) is 9.90. The van der Waals surface area contributed by atoms with E-state index in [9.17, 15) is 9.59 Å². The van der Waals surface area contributed by atoms with Crippen LogP contribution in [0.25, 0.3) is 0 Å². The van der Waals surface area contributed by atoms with Crippen LogP contribution >= 0.6 is 0 Å². The van der Waals surface area contributed by atoms with E-state index in [1.54, 1.807) is 18.2 Å². The molecular formula is C33H43N3O2. The number of carbonyl (C=O) groups is 2. The fraction of sp³-hybridized carbons (Fsp3) is 0.394. The predicted octanol–water partition coefficient (Wildman–Crippen LogP) is 9.32. The molecule has 3 N–H and O–H groups in total. The zero-order chi connectivity index (χ0) is 26.8. The highest BCUT2D eigenvalue weighted by Crippen LogP contribution is 2.21. The molecule has 0 aliphatic carbocycles. The van der Waals surface area contributed by atoms with Crippen LogP contribution in [-0.4, -0.2) is 11.8 Å². The standard InChI is InChI=1S/C33H43N3O2/c1-2-3-4-5-6-7-8-9-10-11-15-22-32(37)36-31-21-17-16-20-30(31)33(38)35-29-25-23-28(24-26-29)34-27-18-13-12-14-19-27/h12-14,16-21,23-26,34H,2-11,15,22H2,1H3,(H,35,38)(H,36,37). The molecule has 3 aromatic rings. The Morgan fingerprint density at radius 1 is 0.553 bits per heavy atom. The van der Waals surface area contributed by atoms with Gasteiger partial charge in [0.2, 0.25) is 5.91 Å². The minimum Gasteiger partial charge on any atom is -0.356 e. The average Bonchev–Trinajstić information content (AvgIpc) is 2.93. The van der Waals surface area contributed by atoms with Crippen LogP contribution in [0.4, 0.5) is 22.7 Å². The molecule has 0 atom stereocenters. The van der Waals surface area contributed by atoms with Crippen LogP contribution in [0, 0.1) is 0 Å². The molecule has 3 rings (SSSR count). The normalized spacial score (nSPS) is 10.7. The van der Waals surface area contributed by atoms with Gasteiger partial charge in [-0.3, -0.25) is 9.59 Å². The number of nitrogens with one attached hydrogen (secondary N) is 3. The fourth-order valence-electron chi connectivity index (χ4n) is 4.48. The van der Waals surface area contributed by atoms with E-state index in [0.29, 0.717) is 23.4 Å². The van der Waals surface area contributed by atoms with Crippen molar-refractivity contribution in [2.45, 2.75) is 84.0 Å². The Labute approximate surface area is 228 Å². The Kier molecular flexibility index (Phi) is 13.0. The van der Waals surface area contributed by atoms with Crippen LogP contribution < -0.4 is 16.0 Å². The summed E-state index contributed by atoms with van der Waals surface area (Å²) in [7, 11) is 0. The Morgan fingerprint density at radius 2 is 1.08 bits per heavy atom. The van der Waals surface area contributed by atoms with E-state index in [2.05, 4.69) is 22.9 Å². The molecule has 0 radical (unpaired) electrons. The fourth-order valence-corrected chi connectivity index (χ4v) is 4.48. The third kappa shape index (κ3) is 10.8. The van der Waals surface area contributed by atoms with Gasteiger partial charge in [-0.2, -0.15) is 0 Å². The first-order valence-corrected chi connectivity index (χ1v) is 14.3. The van der Waals surface area contributed by atoms with Gasteiger partial charge in [-0.05, 0) is 55.0 Å². The van der Waals surface area contributed by atoms with E-state index >= 15 is 0 Å². The maximum atomic E-state index is 13.0. The van der Waals surface area contributed by atoms with E-state index in [4.69, 9.17) is 0 Å². The maximum Gasteiger partial charge on any atom is 0.257 e. The molecule has 202 valence electrons. The zero-order valence-corrected chi connectivity index (χ0v) is 22.8. The van der Waals surface area contributed by atoms with Crippen molar-refractivity contribution in [1.29, 1.82) is 0 Å². The van der Waals surface area contributed by atoms with Crippen molar-refractivity contribution < 1.29 is 9.59 Å². The highest BCUT2D eigenvalue weighted by atomic mass is 16.2. The molecule has 0 spiro atoms. The molecule has 0 unspecified atom stereocenters. The first-order valence-electron chi connectivity index (χ1n) is 14.3. The van der Waals surface area contributed by atoms with Crippen molar-refractivity contribution in [2.24, 2.45) is 0 Å². The summed E-state index contributed by atoms with van der Waals surface area (Å²) in [5.41, 5.74) is 3.62. The van der Waals surface area contributed by atoms with Gasteiger partial charge in [-0.15, -0.1) is 0 Å². The second kappa shape index (κ2) is 17.0. The first kappa shape index (κ1) is 29.0. The molecule has 0 bridgehead atoms. The lowest BCUT2D eigenvalue weighted by Crippen LogP contribution is -2.18. The number of carbonyl (C=O) groups excluding carboxylic acids is 2. The summed E-state index contributed by atoms with van der Waals surface area (Å²) in [6.45, 7) is 2.25. The molecule has 0 saturated heterocycles. The Hall–Kier alpha value is -3.60. The summed E-state index contributed by atoms with van der Waals surface area (Å²) in [4.78, 5) is 25.5. The number of para-hydroxylation sites is 2. The summed E-state index contributed by atoms with van der Waals surface area (Å²) in [6, 6.07) is 24.6. The van der Waals surface area contributed by atoms with Crippen molar-refractivity contribution in [3.05, 3.63) is 84.4 Å². The van der Waals surface area contributed by atoms with Crippen molar-refractivity contribution in [3.63, 3.8) is 0 Å². The van der Waals surface area contributed by atoms with Crippen LogP contribution in [0.15, 0.2) is 78.9 Å². The smallest absolute Gasteiger partial charge is 0.257 e. The number of benzene rings is 3. The van der Waals surface area contributed by atoms with E-state index < -0.39 is 0 Å². The highest BCUT2D eigenvalue weighted by molar-refractivity contribution is 6.10. The van der Waals surface area contributed by atoms with Crippen LogP contribution in [0.2, 0.25) is 0 Å². The van der Waals surface area contributed by atoms with Crippen LogP contribution in [0.5, 0.6) is 0 Å². The number of amides is 2. The molecule has 0 saturated carbocycles. The molecule has 0 heterocycles. The Morgan fingerprint density at radius 3 is 1.74 bits per heavy atom. The molecule has 0 aromatic heterocycles. The monoisotopic (exact) mass is 513 g/mol. The van der Waals surface area contributed by atoms with E-state index in [-0.39, 0.29) is 11.8 Å². The number of unbranched alkanes of at least 4 members (excludes halogenated alkanes) is 10. The van der Waals surface area contributed by atoms with Gasteiger partial charge in [-0.1, -0.05) is 101 Å². The lowest BCUT2D eigenvalue weighted by Gasteiger charge is -2.12. The lowest BCUT2D eigenvalue weighted by atomic mass is 10.1. The summed E-state index contributed by atoms with van der Waals surface area (Å²) in [5.74, 6) is -0.295. The largest absolute Gasteiger partial charge is 0.356 e. The Bertz CT molecular complexity index is 1100. The molecule has 5 nitrogen and oxygen atoms in total. The third-order valence-electron chi connectivity index (χ3n) is 6.66.